The summed E-state index contributed by atoms with van der Waals surface area (Å²) in [6.45, 7) is 2.97. The van der Waals surface area contributed by atoms with E-state index in [1.165, 1.54) is 6.92 Å². The fourth-order valence-corrected chi connectivity index (χ4v) is 3.17. The van der Waals surface area contributed by atoms with Crippen LogP contribution in [0.4, 0.5) is 10.5 Å². The molecule has 1 aliphatic carbocycles. The van der Waals surface area contributed by atoms with Crippen LogP contribution in [0.15, 0.2) is 24.3 Å². The first-order valence-corrected chi connectivity index (χ1v) is 9.46. The van der Waals surface area contributed by atoms with Crippen molar-refractivity contribution in [1.82, 2.24) is 10.6 Å². The Hall–Kier alpha value is -2.90. The lowest BCUT2D eigenvalue weighted by Gasteiger charge is -2.29. The van der Waals surface area contributed by atoms with E-state index >= 15 is 0 Å². The number of esters is 1. The summed E-state index contributed by atoms with van der Waals surface area (Å²) >= 11 is 0. The first-order valence-electron chi connectivity index (χ1n) is 9.46. The van der Waals surface area contributed by atoms with E-state index in [0.717, 1.165) is 25.7 Å². The molecule has 3 N–H and O–H groups in total. The van der Waals surface area contributed by atoms with Crippen LogP contribution in [-0.2, 0) is 25.5 Å². The molecule has 1 saturated carbocycles. The van der Waals surface area contributed by atoms with Crippen LogP contribution < -0.4 is 16.0 Å². The number of urea groups is 1. The number of amides is 4. The van der Waals surface area contributed by atoms with Crippen LogP contribution in [0.1, 0.15) is 45.1 Å². The van der Waals surface area contributed by atoms with E-state index in [2.05, 4.69) is 22.9 Å². The lowest BCUT2D eigenvalue weighted by Crippen LogP contribution is -2.48. The lowest BCUT2D eigenvalue weighted by atomic mass is 9.86. The van der Waals surface area contributed by atoms with E-state index < -0.39 is 24.5 Å². The summed E-state index contributed by atoms with van der Waals surface area (Å²) in [5, 5.41) is 7.62. The van der Waals surface area contributed by atoms with Gasteiger partial charge in [-0.25, -0.2) is 4.79 Å². The lowest BCUT2D eigenvalue weighted by molar-refractivity contribution is -0.147. The summed E-state index contributed by atoms with van der Waals surface area (Å²) in [6, 6.07) is 6.22. The zero-order chi connectivity index (χ0) is 20.5. The van der Waals surface area contributed by atoms with Crippen molar-refractivity contribution in [3.8, 4) is 0 Å². The monoisotopic (exact) mass is 389 g/mol. The standard InChI is InChI=1S/C20H27N3O5/c1-13-5-3-4-6-17(13)22-20(27)23-18(25)12-28-19(26)11-15-7-9-16(10-8-15)21-14(2)24/h7-10,13,17H,3-6,11-12H2,1-2H3,(H,21,24)(H2,22,23,25,27)/t13-,17+/m1/s1. The largest absolute Gasteiger partial charge is 0.455 e. The number of anilines is 1. The van der Waals surface area contributed by atoms with Crippen molar-refractivity contribution in [2.45, 2.75) is 52.0 Å². The number of hydrogen-bond acceptors (Lipinski definition) is 5. The molecule has 0 heterocycles. The van der Waals surface area contributed by atoms with Crippen molar-refractivity contribution in [2.75, 3.05) is 11.9 Å². The van der Waals surface area contributed by atoms with Gasteiger partial charge in [-0.1, -0.05) is 31.9 Å². The molecule has 0 bridgehead atoms. The van der Waals surface area contributed by atoms with Gasteiger partial charge in [0.2, 0.25) is 5.91 Å². The predicted octanol–water partition coefficient (Wildman–Crippen LogP) is 2.14. The van der Waals surface area contributed by atoms with Crippen molar-refractivity contribution in [3.63, 3.8) is 0 Å². The quantitative estimate of drug-likeness (QED) is 0.645. The number of benzene rings is 1. The highest BCUT2D eigenvalue weighted by atomic mass is 16.5. The summed E-state index contributed by atoms with van der Waals surface area (Å²) in [5.41, 5.74) is 1.31. The number of nitrogens with one attached hydrogen (secondary N) is 3. The molecule has 28 heavy (non-hydrogen) atoms. The normalized spacial score (nSPS) is 18.6. The Kier molecular flexibility index (Phi) is 7.98. The third-order valence-electron chi connectivity index (χ3n) is 4.67. The molecule has 1 aliphatic rings. The highest BCUT2D eigenvalue weighted by molar-refractivity contribution is 5.95. The van der Waals surface area contributed by atoms with Gasteiger partial charge in [-0.3, -0.25) is 19.7 Å². The fraction of sp³-hybridized carbons (Fsp3) is 0.500. The van der Waals surface area contributed by atoms with E-state index in [1.54, 1.807) is 24.3 Å². The van der Waals surface area contributed by atoms with Crippen LogP contribution in [0.2, 0.25) is 0 Å². The highest BCUT2D eigenvalue weighted by Crippen LogP contribution is 2.23. The Bertz CT molecular complexity index is 717. The van der Waals surface area contributed by atoms with E-state index in [9.17, 15) is 19.2 Å². The smallest absolute Gasteiger partial charge is 0.321 e. The predicted molar refractivity (Wildman–Crippen MR) is 104 cm³/mol. The molecule has 1 aromatic carbocycles. The highest BCUT2D eigenvalue weighted by Gasteiger charge is 2.23. The summed E-state index contributed by atoms with van der Waals surface area (Å²) in [6.07, 6.45) is 4.17. The average molecular weight is 389 g/mol. The van der Waals surface area contributed by atoms with Crippen LogP contribution in [0.5, 0.6) is 0 Å². The van der Waals surface area contributed by atoms with Gasteiger partial charge in [-0.2, -0.15) is 0 Å². The van der Waals surface area contributed by atoms with Gasteiger partial charge in [-0.05, 0) is 36.5 Å². The van der Waals surface area contributed by atoms with E-state index in [0.29, 0.717) is 17.2 Å². The van der Waals surface area contributed by atoms with Gasteiger partial charge in [0, 0.05) is 18.7 Å². The second kappa shape index (κ2) is 10.4. The van der Waals surface area contributed by atoms with Gasteiger partial charge >= 0.3 is 12.0 Å². The maximum absolute atomic E-state index is 11.9. The maximum Gasteiger partial charge on any atom is 0.321 e. The molecule has 2 atom stereocenters. The molecule has 0 radical (unpaired) electrons. The molecule has 4 amide bonds. The van der Waals surface area contributed by atoms with Gasteiger partial charge in [0.25, 0.3) is 5.91 Å². The number of rotatable bonds is 6. The number of ether oxygens (including phenoxy) is 1. The van der Waals surface area contributed by atoms with Crippen molar-refractivity contribution < 1.29 is 23.9 Å². The molecule has 1 fully saturated rings. The van der Waals surface area contributed by atoms with Crippen LogP contribution in [0.25, 0.3) is 0 Å². The average Bonchev–Trinajstić information content (AvgIpc) is 2.63. The fourth-order valence-electron chi connectivity index (χ4n) is 3.17. The second-order valence-corrected chi connectivity index (χ2v) is 7.11. The molecule has 2 rings (SSSR count). The maximum atomic E-state index is 11.9. The first-order chi connectivity index (χ1) is 13.3. The Morgan fingerprint density at radius 3 is 2.39 bits per heavy atom. The Morgan fingerprint density at radius 1 is 1.07 bits per heavy atom. The summed E-state index contributed by atoms with van der Waals surface area (Å²) in [5.74, 6) is -1.05. The third-order valence-corrected chi connectivity index (χ3v) is 4.67. The Labute approximate surface area is 164 Å². The molecule has 0 aromatic heterocycles. The molecular weight excluding hydrogens is 362 g/mol. The third kappa shape index (κ3) is 7.38. The Balaban J connectivity index is 1.69. The molecule has 8 heteroatoms. The summed E-state index contributed by atoms with van der Waals surface area (Å²) < 4.78 is 4.91. The van der Waals surface area contributed by atoms with Gasteiger partial charge in [0.1, 0.15) is 0 Å². The molecule has 1 aromatic rings. The van der Waals surface area contributed by atoms with Crippen LogP contribution in [-0.4, -0.2) is 36.5 Å². The van der Waals surface area contributed by atoms with E-state index in [4.69, 9.17) is 4.74 Å². The SMILES string of the molecule is CC(=O)Nc1ccc(CC(=O)OCC(=O)NC(=O)N[C@H]2CCCC[C@H]2C)cc1. The van der Waals surface area contributed by atoms with E-state index in [1.807, 2.05) is 0 Å². The van der Waals surface area contributed by atoms with Crippen LogP contribution in [0.3, 0.4) is 0 Å². The summed E-state index contributed by atoms with van der Waals surface area (Å²) in [4.78, 5) is 46.5. The number of hydrogen-bond donors (Lipinski definition) is 3. The molecule has 8 nitrogen and oxygen atoms in total. The minimum Gasteiger partial charge on any atom is -0.455 e. The van der Waals surface area contributed by atoms with Gasteiger partial charge in [0.15, 0.2) is 6.61 Å². The van der Waals surface area contributed by atoms with E-state index in [-0.39, 0.29) is 18.4 Å². The first kappa shape index (κ1) is 21.4. The molecule has 152 valence electrons. The van der Waals surface area contributed by atoms with Crippen molar-refractivity contribution in [3.05, 3.63) is 29.8 Å². The molecule has 0 unspecified atom stereocenters. The zero-order valence-corrected chi connectivity index (χ0v) is 16.2. The minimum absolute atomic E-state index is 0.0145. The zero-order valence-electron chi connectivity index (χ0n) is 16.2. The Morgan fingerprint density at radius 2 is 1.75 bits per heavy atom. The van der Waals surface area contributed by atoms with Crippen molar-refractivity contribution in [1.29, 1.82) is 0 Å². The van der Waals surface area contributed by atoms with Crippen molar-refractivity contribution in [2.24, 2.45) is 5.92 Å². The minimum atomic E-state index is -0.671. The van der Waals surface area contributed by atoms with Crippen LogP contribution >= 0.6 is 0 Å². The summed E-state index contributed by atoms with van der Waals surface area (Å²) in [7, 11) is 0. The molecule has 0 aliphatic heterocycles. The molecule has 0 saturated heterocycles. The van der Waals surface area contributed by atoms with Crippen molar-refractivity contribution >= 4 is 29.5 Å². The van der Waals surface area contributed by atoms with Crippen LogP contribution in [0, 0.1) is 5.92 Å². The number of carbonyl (C=O) groups is 4. The number of imide groups is 1. The van der Waals surface area contributed by atoms with Gasteiger partial charge in [-0.15, -0.1) is 0 Å². The topological polar surface area (TPSA) is 114 Å². The second-order valence-electron chi connectivity index (χ2n) is 7.11. The van der Waals surface area contributed by atoms with Gasteiger partial charge < -0.3 is 15.4 Å². The molecule has 0 spiro atoms. The number of carbonyl (C=O) groups excluding carboxylic acids is 4. The molecular formula is C20H27N3O5. The van der Waals surface area contributed by atoms with Gasteiger partial charge in [0.05, 0.1) is 6.42 Å².